The average molecular weight is 749 g/mol. The Bertz CT molecular complexity index is 2830. The van der Waals surface area contributed by atoms with Crippen molar-refractivity contribution >= 4 is 96.2 Å². The molecule has 53 heavy (non-hydrogen) atoms. The van der Waals surface area contributed by atoms with E-state index in [1.807, 2.05) is 17.5 Å². The summed E-state index contributed by atoms with van der Waals surface area (Å²) >= 11 is 9.84. The molecule has 4 heterocycles. The summed E-state index contributed by atoms with van der Waals surface area (Å²) < 4.78 is 4.96. The molecule has 0 spiro atoms. The van der Waals surface area contributed by atoms with Gasteiger partial charge in [0.25, 0.3) is 0 Å². The zero-order valence-electron chi connectivity index (χ0n) is 31.8. The second kappa shape index (κ2) is 13.5. The fourth-order valence-electron chi connectivity index (χ4n) is 7.72. The average Bonchev–Trinajstić information content (AvgIpc) is 3.63. The monoisotopic (exact) mass is 748 g/mol. The highest BCUT2D eigenvalue weighted by molar-refractivity contribution is 7.26. The van der Waals surface area contributed by atoms with Gasteiger partial charge in [-0.2, -0.15) is 0 Å². The maximum atomic E-state index is 6.26. The molecular weight excluding hydrogens is 704 g/mol. The third-order valence-corrected chi connectivity index (χ3v) is 12.5. The Morgan fingerprint density at radius 3 is 1.53 bits per heavy atom. The topological polar surface area (TPSA) is 25.8 Å². The molecule has 0 radical (unpaired) electrons. The summed E-state index contributed by atoms with van der Waals surface area (Å²) in [6.07, 6.45) is 5.92. The number of rotatable bonds is 3. The minimum Gasteiger partial charge on any atom is -0.255 e. The number of aryl methyl sites for hydroxylation is 2. The molecule has 4 aromatic heterocycles. The van der Waals surface area contributed by atoms with Gasteiger partial charge >= 0.3 is 0 Å². The van der Waals surface area contributed by atoms with Crippen molar-refractivity contribution in [3.63, 3.8) is 0 Å². The molecule has 0 atom stereocenters. The number of thiophene rings is 2. The first kappa shape index (κ1) is 35.7. The van der Waals surface area contributed by atoms with Gasteiger partial charge in [0.15, 0.2) is 0 Å². The van der Waals surface area contributed by atoms with E-state index in [1.165, 1.54) is 85.0 Å². The molecule has 0 saturated carbocycles. The number of pyridine rings is 2. The van der Waals surface area contributed by atoms with Crippen LogP contribution < -0.4 is 0 Å². The maximum absolute atomic E-state index is 6.26. The quantitative estimate of drug-likeness (QED) is 0.168. The highest BCUT2D eigenvalue weighted by Crippen LogP contribution is 2.42. The van der Waals surface area contributed by atoms with Crippen LogP contribution in [0.5, 0.6) is 0 Å². The fraction of sp³-hybridized carbons (Fsp3) is 0.250. The minimum atomic E-state index is 0.291. The van der Waals surface area contributed by atoms with E-state index >= 15 is 0 Å². The molecule has 0 aliphatic rings. The standard InChI is InChI=1S/C28H27NS.C20H18ClNS/c1-17-10-18(2)12-22(11-17)26-27-23(8-9-29-26)24-14-21-13-19(16-28(3,4)5)6-7-20(21)15-25(24)30-27;1-20(2,3)11-12-4-5-13-10-17-16(9-14(13)8-12)15-6-7-22-19(21)18(15)23-17/h6-15H,16H2,1-5H3;4-10H,11H2,1-3H3. The number of benzene rings is 5. The van der Waals surface area contributed by atoms with Gasteiger partial charge in [-0.25, -0.2) is 4.98 Å². The summed E-state index contributed by atoms with van der Waals surface area (Å²) in [6.45, 7) is 18.1. The Hall–Kier alpha value is -4.35. The molecule has 5 aromatic carbocycles. The number of aromatic nitrogens is 2. The summed E-state index contributed by atoms with van der Waals surface area (Å²) in [5.74, 6) is 0. The molecule has 0 aliphatic heterocycles. The van der Waals surface area contributed by atoms with E-state index in [2.05, 4.69) is 151 Å². The van der Waals surface area contributed by atoms with Crippen molar-refractivity contribution in [1.29, 1.82) is 0 Å². The number of hydrogen-bond acceptors (Lipinski definition) is 4. The van der Waals surface area contributed by atoms with Gasteiger partial charge in [0.05, 0.1) is 15.1 Å². The second-order valence-corrected chi connectivity index (χ2v) is 19.6. The molecule has 0 bridgehead atoms. The van der Waals surface area contributed by atoms with E-state index in [-0.39, 0.29) is 0 Å². The third-order valence-electron chi connectivity index (χ3n) is 9.74. The molecule has 266 valence electrons. The summed E-state index contributed by atoms with van der Waals surface area (Å²) in [7, 11) is 0. The van der Waals surface area contributed by atoms with Gasteiger partial charge in [0, 0.05) is 48.9 Å². The van der Waals surface area contributed by atoms with Gasteiger partial charge < -0.3 is 0 Å². The van der Waals surface area contributed by atoms with E-state index < -0.39 is 0 Å². The summed E-state index contributed by atoms with van der Waals surface area (Å²) in [5, 5.41) is 10.9. The zero-order valence-corrected chi connectivity index (χ0v) is 34.2. The van der Waals surface area contributed by atoms with Crippen LogP contribution in [0.1, 0.15) is 63.8 Å². The van der Waals surface area contributed by atoms with Gasteiger partial charge in [0.1, 0.15) is 5.15 Å². The number of nitrogens with zero attached hydrogens (tertiary/aromatic N) is 2. The first-order valence-electron chi connectivity index (χ1n) is 18.4. The van der Waals surface area contributed by atoms with Crippen LogP contribution in [0.2, 0.25) is 5.15 Å². The molecule has 0 amide bonds. The number of fused-ring (bicyclic) bond motifs is 8. The van der Waals surface area contributed by atoms with Gasteiger partial charge in [-0.05, 0) is 119 Å². The summed E-state index contributed by atoms with van der Waals surface area (Å²) in [4.78, 5) is 8.99. The minimum absolute atomic E-state index is 0.291. The van der Waals surface area contributed by atoms with Crippen LogP contribution >= 0.6 is 34.3 Å². The van der Waals surface area contributed by atoms with Crippen molar-refractivity contribution in [1.82, 2.24) is 9.97 Å². The normalized spacial score (nSPS) is 12.4. The molecule has 9 aromatic rings. The molecule has 5 heteroatoms. The smallest absolute Gasteiger partial charge is 0.146 e. The molecule has 0 unspecified atom stereocenters. The Kier molecular flexibility index (Phi) is 9.08. The van der Waals surface area contributed by atoms with Crippen LogP contribution in [0.3, 0.4) is 0 Å². The summed E-state index contributed by atoms with van der Waals surface area (Å²) in [6, 6.07) is 34.0. The highest BCUT2D eigenvalue weighted by atomic mass is 35.5. The number of hydrogen-bond donors (Lipinski definition) is 0. The summed E-state index contributed by atoms with van der Waals surface area (Å²) in [5.41, 5.74) is 8.25. The maximum Gasteiger partial charge on any atom is 0.146 e. The molecule has 0 saturated heterocycles. The van der Waals surface area contributed by atoms with E-state index in [1.54, 1.807) is 17.5 Å². The lowest BCUT2D eigenvalue weighted by molar-refractivity contribution is 0.411. The van der Waals surface area contributed by atoms with Crippen molar-refractivity contribution in [3.05, 3.63) is 131 Å². The van der Waals surface area contributed by atoms with Crippen molar-refractivity contribution in [2.75, 3.05) is 0 Å². The zero-order chi connectivity index (χ0) is 37.2. The van der Waals surface area contributed by atoms with Gasteiger partial charge in [0.2, 0.25) is 0 Å². The lowest BCUT2D eigenvalue weighted by atomic mass is 9.87. The molecule has 0 N–H and O–H groups in total. The first-order valence-corrected chi connectivity index (χ1v) is 20.4. The largest absolute Gasteiger partial charge is 0.255 e. The van der Waals surface area contributed by atoms with Gasteiger partial charge in [-0.3, -0.25) is 4.98 Å². The van der Waals surface area contributed by atoms with Crippen LogP contribution in [0.15, 0.2) is 103 Å². The van der Waals surface area contributed by atoms with Crippen molar-refractivity contribution < 1.29 is 0 Å². The molecule has 2 nitrogen and oxygen atoms in total. The van der Waals surface area contributed by atoms with E-state index in [0.29, 0.717) is 16.0 Å². The molecule has 0 aliphatic carbocycles. The highest BCUT2D eigenvalue weighted by Gasteiger charge is 2.16. The van der Waals surface area contributed by atoms with Crippen LogP contribution in [-0.4, -0.2) is 9.97 Å². The van der Waals surface area contributed by atoms with Crippen molar-refractivity contribution in [2.24, 2.45) is 10.8 Å². The SMILES string of the molecule is CC(C)(C)Cc1ccc2cc3sc4c(Cl)nccc4c3cc2c1.Cc1cc(C)cc(-c2nccc3c2sc2cc4ccc(CC(C)(C)C)cc4cc23)c1. The van der Waals surface area contributed by atoms with E-state index in [0.717, 1.165) is 23.2 Å². The Labute approximate surface area is 325 Å². The molecular formula is C48H45ClN2S2. The Balaban J connectivity index is 0.000000156. The van der Waals surface area contributed by atoms with Crippen LogP contribution in [0, 0.1) is 24.7 Å². The lowest BCUT2D eigenvalue weighted by Crippen LogP contribution is -2.08. The lowest BCUT2D eigenvalue weighted by Gasteiger charge is -2.18. The number of halogens is 1. The van der Waals surface area contributed by atoms with Crippen molar-refractivity contribution in [3.8, 4) is 11.3 Å². The molecule has 0 fully saturated rings. The van der Waals surface area contributed by atoms with E-state index in [4.69, 9.17) is 16.6 Å². The Morgan fingerprint density at radius 1 is 0.509 bits per heavy atom. The predicted octanol–water partition coefficient (Wildman–Crippen LogP) is 15.3. The van der Waals surface area contributed by atoms with Crippen LogP contribution in [-0.2, 0) is 12.8 Å². The predicted molar refractivity (Wildman–Crippen MR) is 236 cm³/mol. The van der Waals surface area contributed by atoms with Gasteiger partial charge in [-0.1, -0.05) is 107 Å². The third kappa shape index (κ3) is 7.42. The first-order chi connectivity index (χ1) is 25.2. The second-order valence-electron chi connectivity index (χ2n) is 17.1. The van der Waals surface area contributed by atoms with Crippen molar-refractivity contribution in [2.45, 2.75) is 68.2 Å². The fourth-order valence-corrected chi connectivity index (χ4v) is 10.3. The van der Waals surface area contributed by atoms with E-state index in [9.17, 15) is 0 Å². The van der Waals surface area contributed by atoms with Crippen LogP contribution in [0.25, 0.3) is 73.1 Å². The molecule has 9 rings (SSSR count). The van der Waals surface area contributed by atoms with Gasteiger partial charge in [-0.15, -0.1) is 22.7 Å². The Morgan fingerprint density at radius 2 is 1.00 bits per heavy atom. The van der Waals surface area contributed by atoms with Crippen LogP contribution in [0.4, 0.5) is 0 Å².